The minimum absolute atomic E-state index is 0.243. The number of carbonyl (C=O) groups is 2. The fraction of sp³-hybridized carbons (Fsp3) is 0.400. The van der Waals surface area contributed by atoms with E-state index in [0.29, 0.717) is 12.8 Å². The second-order valence-corrected chi connectivity index (χ2v) is 4.83. The fourth-order valence-electron chi connectivity index (χ4n) is 1.56. The van der Waals surface area contributed by atoms with Crippen molar-refractivity contribution >= 4 is 35.1 Å². The smallest absolute Gasteiger partial charge is 0.329 e. The Morgan fingerprint density at radius 3 is 2.41 bits per heavy atom. The minimum Gasteiger partial charge on any atom is -0.480 e. The van der Waals surface area contributed by atoms with Crippen LogP contribution in [0.25, 0.3) is 0 Å². The van der Waals surface area contributed by atoms with Crippen LogP contribution < -0.4 is 5.32 Å². The number of halogens is 2. The van der Waals surface area contributed by atoms with Gasteiger partial charge in [-0.1, -0.05) is 23.2 Å². The van der Waals surface area contributed by atoms with Gasteiger partial charge in [0.15, 0.2) is 0 Å². The van der Waals surface area contributed by atoms with Crippen LogP contribution in [0.15, 0.2) is 6.07 Å². The third-order valence-corrected chi connectivity index (χ3v) is 3.70. The summed E-state index contributed by atoms with van der Waals surface area (Å²) in [6.07, 6.45) is 0.889. The topological polar surface area (TPSA) is 71.3 Å². The minimum atomic E-state index is -1.11. The standard InChI is InChI=1S/C10H10Cl2N2O3/c1-14-6(4-5(11)7(14)12)8(15)13-10(2-3-10)9(16)17/h4H,2-3H2,1H3,(H,13,15)(H,16,17). The number of hydrogen-bond donors (Lipinski definition) is 2. The molecule has 0 atom stereocenters. The number of nitrogens with zero attached hydrogens (tertiary/aromatic N) is 1. The lowest BCUT2D eigenvalue weighted by Gasteiger charge is -2.12. The van der Waals surface area contributed by atoms with Crippen LogP contribution in [-0.2, 0) is 11.8 Å². The van der Waals surface area contributed by atoms with Crippen molar-refractivity contribution in [2.45, 2.75) is 18.4 Å². The van der Waals surface area contributed by atoms with Gasteiger partial charge < -0.3 is 15.0 Å². The Labute approximate surface area is 107 Å². The van der Waals surface area contributed by atoms with E-state index in [1.54, 1.807) is 7.05 Å². The summed E-state index contributed by atoms with van der Waals surface area (Å²) in [6, 6.07) is 1.41. The average Bonchev–Trinajstić information content (AvgIpc) is 2.99. The molecule has 2 rings (SSSR count). The van der Waals surface area contributed by atoms with E-state index in [0.717, 1.165) is 0 Å². The van der Waals surface area contributed by atoms with Gasteiger partial charge in [0, 0.05) is 7.05 Å². The molecule has 7 heteroatoms. The van der Waals surface area contributed by atoms with Gasteiger partial charge in [0.2, 0.25) is 0 Å². The zero-order valence-corrected chi connectivity index (χ0v) is 10.5. The molecule has 0 radical (unpaired) electrons. The summed E-state index contributed by atoms with van der Waals surface area (Å²) in [5.41, 5.74) is -0.868. The molecular formula is C10H10Cl2N2O3. The van der Waals surface area contributed by atoms with Crippen molar-refractivity contribution in [3.63, 3.8) is 0 Å². The molecule has 0 spiro atoms. The Balaban J connectivity index is 2.21. The highest BCUT2D eigenvalue weighted by Gasteiger charge is 2.51. The molecule has 17 heavy (non-hydrogen) atoms. The van der Waals surface area contributed by atoms with E-state index >= 15 is 0 Å². The fourth-order valence-corrected chi connectivity index (χ4v) is 1.93. The number of aliphatic carboxylic acids is 1. The monoisotopic (exact) mass is 276 g/mol. The molecule has 1 aromatic rings. The molecule has 2 N–H and O–H groups in total. The maximum atomic E-state index is 11.9. The Morgan fingerprint density at radius 2 is 2.06 bits per heavy atom. The summed E-state index contributed by atoms with van der Waals surface area (Å²) in [4.78, 5) is 22.8. The van der Waals surface area contributed by atoms with Crippen LogP contribution in [0.5, 0.6) is 0 Å². The number of carboxylic acid groups (broad SMARTS) is 1. The second-order valence-electron chi connectivity index (χ2n) is 4.07. The number of hydrogen-bond acceptors (Lipinski definition) is 2. The highest BCUT2D eigenvalue weighted by molar-refractivity contribution is 6.41. The quantitative estimate of drug-likeness (QED) is 0.883. The molecule has 0 aliphatic heterocycles. The van der Waals surface area contributed by atoms with Gasteiger partial charge in [-0.15, -0.1) is 0 Å². The first-order valence-electron chi connectivity index (χ1n) is 4.94. The van der Waals surface area contributed by atoms with Crippen LogP contribution in [0.4, 0.5) is 0 Å². The van der Waals surface area contributed by atoms with E-state index in [2.05, 4.69) is 5.32 Å². The van der Waals surface area contributed by atoms with Crippen LogP contribution in [0.2, 0.25) is 10.2 Å². The maximum Gasteiger partial charge on any atom is 0.329 e. The van der Waals surface area contributed by atoms with Crippen LogP contribution >= 0.6 is 23.2 Å². The SMILES string of the molecule is Cn1c(C(=O)NC2(C(=O)O)CC2)cc(Cl)c1Cl. The third kappa shape index (κ3) is 2.00. The van der Waals surface area contributed by atoms with E-state index in [1.807, 2.05) is 0 Å². The van der Waals surface area contributed by atoms with Gasteiger partial charge in [-0.2, -0.15) is 0 Å². The molecule has 1 heterocycles. The predicted molar refractivity (Wildman–Crippen MR) is 62.5 cm³/mol. The summed E-state index contributed by atoms with van der Waals surface area (Å²) in [6.45, 7) is 0. The zero-order valence-electron chi connectivity index (χ0n) is 8.96. The van der Waals surface area contributed by atoms with Gasteiger partial charge >= 0.3 is 5.97 Å². The highest BCUT2D eigenvalue weighted by Crippen LogP contribution is 2.36. The highest BCUT2D eigenvalue weighted by atomic mass is 35.5. The summed E-state index contributed by atoms with van der Waals surface area (Å²) in [5.74, 6) is -1.50. The molecule has 1 aromatic heterocycles. The molecule has 5 nitrogen and oxygen atoms in total. The molecule has 92 valence electrons. The number of aromatic nitrogens is 1. The Hall–Kier alpha value is -1.20. The molecule has 0 aromatic carbocycles. The third-order valence-electron chi connectivity index (χ3n) is 2.86. The van der Waals surface area contributed by atoms with E-state index in [-0.39, 0.29) is 15.9 Å². The van der Waals surface area contributed by atoms with Gasteiger partial charge in [0.05, 0.1) is 5.02 Å². The molecule has 1 aliphatic rings. The number of nitrogens with one attached hydrogen (secondary N) is 1. The molecule has 0 unspecified atom stereocenters. The average molecular weight is 277 g/mol. The normalized spacial score (nSPS) is 16.6. The second kappa shape index (κ2) is 3.92. The lowest BCUT2D eigenvalue weighted by Crippen LogP contribution is -2.43. The van der Waals surface area contributed by atoms with Gasteiger partial charge in [0.1, 0.15) is 16.4 Å². The van der Waals surface area contributed by atoms with Crippen LogP contribution in [0, 0.1) is 0 Å². The summed E-state index contributed by atoms with van der Waals surface area (Å²) in [7, 11) is 1.59. The largest absolute Gasteiger partial charge is 0.480 e. The molecule has 1 amide bonds. The van der Waals surface area contributed by atoms with Gasteiger partial charge in [0.25, 0.3) is 5.91 Å². The van der Waals surface area contributed by atoms with E-state index < -0.39 is 17.4 Å². The molecule has 1 saturated carbocycles. The van der Waals surface area contributed by atoms with Gasteiger partial charge in [-0.25, -0.2) is 4.79 Å². The first-order chi connectivity index (χ1) is 7.87. The molecular weight excluding hydrogens is 267 g/mol. The predicted octanol–water partition coefficient (Wildman–Crippen LogP) is 1.68. The molecule has 1 aliphatic carbocycles. The summed E-state index contributed by atoms with van der Waals surface area (Å²) >= 11 is 11.6. The summed E-state index contributed by atoms with van der Waals surface area (Å²) < 4.78 is 1.41. The van der Waals surface area contributed by atoms with Crippen LogP contribution in [0.1, 0.15) is 23.3 Å². The zero-order chi connectivity index (χ0) is 12.8. The molecule has 0 bridgehead atoms. The number of carbonyl (C=O) groups excluding carboxylic acids is 1. The Kier molecular flexibility index (Phi) is 2.83. The maximum absolute atomic E-state index is 11.9. The van der Waals surface area contributed by atoms with E-state index in [4.69, 9.17) is 28.3 Å². The van der Waals surface area contributed by atoms with Crippen molar-refractivity contribution < 1.29 is 14.7 Å². The van der Waals surface area contributed by atoms with Crippen LogP contribution in [-0.4, -0.2) is 27.1 Å². The molecule has 0 saturated heterocycles. The van der Waals surface area contributed by atoms with Crippen molar-refractivity contribution in [1.82, 2.24) is 9.88 Å². The Bertz CT molecular complexity index is 506. The van der Waals surface area contributed by atoms with Crippen molar-refractivity contribution in [3.8, 4) is 0 Å². The lowest BCUT2D eigenvalue weighted by atomic mass is 10.2. The van der Waals surface area contributed by atoms with E-state index in [1.165, 1.54) is 10.6 Å². The number of rotatable bonds is 3. The first kappa shape index (κ1) is 12.3. The van der Waals surface area contributed by atoms with Crippen LogP contribution in [0.3, 0.4) is 0 Å². The number of carboxylic acids is 1. The van der Waals surface area contributed by atoms with Crippen molar-refractivity contribution in [2.75, 3.05) is 0 Å². The lowest BCUT2D eigenvalue weighted by molar-refractivity contribution is -0.140. The van der Waals surface area contributed by atoms with Crippen molar-refractivity contribution in [1.29, 1.82) is 0 Å². The number of amides is 1. The van der Waals surface area contributed by atoms with Gasteiger partial charge in [-0.3, -0.25) is 4.79 Å². The molecule has 1 fully saturated rings. The van der Waals surface area contributed by atoms with E-state index in [9.17, 15) is 9.59 Å². The summed E-state index contributed by atoms with van der Waals surface area (Å²) in [5, 5.41) is 12.0. The van der Waals surface area contributed by atoms with Crippen molar-refractivity contribution in [3.05, 3.63) is 21.9 Å². The van der Waals surface area contributed by atoms with Crippen molar-refractivity contribution in [2.24, 2.45) is 7.05 Å². The Morgan fingerprint density at radius 1 is 1.47 bits per heavy atom. The van der Waals surface area contributed by atoms with Gasteiger partial charge in [-0.05, 0) is 18.9 Å². The first-order valence-corrected chi connectivity index (χ1v) is 5.69.